The molecule has 0 aromatic carbocycles. The van der Waals surface area contributed by atoms with Crippen molar-refractivity contribution < 1.29 is 9.53 Å². The van der Waals surface area contributed by atoms with Crippen LogP contribution in [0.3, 0.4) is 0 Å². The molecule has 0 aliphatic rings. The van der Waals surface area contributed by atoms with Crippen molar-refractivity contribution in [1.29, 1.82) is 0 Å². The minimum Gasteiger partial charge on any atom is -0.465 e. The van der Waals surface area contributed by atoms with E-state index in [1.807, 2.05) is 6.92 Å². The lowest BCUT2D eigenvalue weighted by Gasteiger charge is -2.31. The van der Waals surface area contributed by atoms with Crippen molar-refractivity contribution in [2.24, 2.45) is 5.92 Å². The Bertz CT molecular complexity index is 242. The second kappa shape index (κ2) is 10.2. The van der Waals surface area contributed by atoms with Gasteiger partial charge >= 0.3 is 5.97 Å². The molecule has 1 atom stereocenters. The summed E-state index contributed by atoms with van der Waals surface area (Å²) in [4.78, 5) is 14.3. The summed E-state index contributed by atoms with van der Waals surface area (Å²) < 4.78 is 5.16. The highest BCUT2D eigenvalue weighted by Crippen LogP contribution is 2.06. The largest absolute Gasteiger partial charge is 0.465 e. The van der Waals surface area contributed by atoms with Crippen LogP contribution in [0.5, 0.6) is 0 Å². The summed E-state index contributed by atoms with van der Waals surface area (Å²) in [7, 11) is 0. The third-order valence-corrected chi connectivity index (χ3v) is 2.96. The first-order chi connectivity index (χ1) is 8.92. The maximum Gasteiger partial charge on any atom is 0.324 e. The van der Waals surface area contributed by atoms with Gasteiger partial charge in [-0.15, -0.1) is 0 Å². The molecular weight excluding hydrogens is 240 g/mol. The molecule has 0 saturated heterocycles. The molecule has 4 nitrogen and oxygen atoms in total. The zero-order valence-corrected chi connectivity index (χ0v) is 13.5. The van der Waals surface area contributed by atoms with E-state index >= 15 is 0 Å². The first-order valence-electron chi connectivity index (χ1n) is 7.56. The monoisotopic (exact) mass is 272 g/mol. The Kier molecular flexibility index (Phi) is 9.88. The Morgan fingerprint density at radius 3 is 2.21 bits per heavy atom. The molecule has 0 heterocycles. The molecule has 19 heavy (non-hydrogen) atoms. The molecule has 0 bridgehead atoms. The van der Waals surface area contributed by atoms with Crippen molar-refractivity contribution in [3.05, 3.63) is 0 Å². The van der Waals surface area contributed by atoms with Crippen LogP contribution in [0.15, 0.2) is 0 Å². The van der Waals surface area contributed by atoms with Crippen molar-refractivity contribution in [2.75, 3.05) is 26.2 Å². The van der Waals surface area contributed by atoms with E-state index in [1.165, 1.54) is 0 Å². The Balaban J connectivity index is 4.59. The average Bonchev–Trinajstić information content (AvgIpc) is 2.32. The molecule has 0 aliphatic carbocycles. The van der Waals surface area contributed by atoms with Gasteiger partial charge < -0.3 is 10.1 Å². The summed E-state index contributed by atoms with van der Waals surface area (Å²) >= 11 is 0. The number of nitrogens with zero attached hydrogens (tertiary/aromatic N) is 1. The zero-order chi connectivity index (χ0) is 14.8. The number of rotatable bonds is 10. The lowest BCUT2D eigenvalue weighted by atomic mass is 10.1. The summed E-state index contributed by atoms with van der Waals surface area (Å²) in [6.45, 7) is 15.7. The average molecular weight is 272 g/mol. The molecule has 4 heteroatoms. The number of hydrogen-bond acceptors (Lipinski definition) is 4. The van der Waals surface area contributed by atoms with E-state index in [4.69, 9.17) is 4.74 Å². The highest BCUT2D eigenvalue weighted by Gasteiger charge is 2.23. The number of ether oxygens (including phenoxy) is 1. The minimum absolute atomic E-state index is 0.134. The highest BCUT2D eigenvalue weighted by atomic mass is 16.5. The van der Waals surface area contributed by atoms with Gasteiger partial charge in [0.25, 0.3) is 0 Å². The molecular formula is C15H32N2O2. The standard InChI is InChI=1S/C15H32N2O2/c1-7-9-16-14(15(18)19-8-2)11-17(13(5)6)10-12(3)4/h12-14,16H,7-11H2,1-6H3. The summed E-state index contributed by atoms with van der Waals surface area (Å²) in [5, 5.41) is 3.30. The van der Waals surface area contributed by atoms with Crippen molar-refractivity contribution in [3.8, 4) is 0 Å². The predicted molar refractivity (Wildman–Crippen MR) is 80.3 cm³/mol. The number of carbonyl (C=O) groups is 1. The van der Waals surface area contributed by atoms with Gasteiger partial charge in [0.1, 0.15) is 6.04 Å². The van der Waals surface area contributed by atoms with Crippen LogP contribution < -0.4 is 5.32 Å². The van der Waals surface area contributed by atoms with Gasteiger partial charge in [-0.25, -0.2) is 0 Å². The van der Waals surface area contributed by atoms with Crippen LogP contribution in [0.25, 0.3) is 0 Å². The van der Waals surface area contributed by atoms with Gasteiger partial charge in [0.2, 0.25) is 0 Å². The van der Waals surface area contributed by atoms with E-state index in [2.05, 4.69) is 44.8 Å². The number of nitrogens with one attached hydrogen (secondary N) is 1. The Morgan fingerprint density at radius 2 is 1.79 bits per heavy atom. The molecule has 1 N–H and O–H groups in total. The van der Waals surface area contributed by atoms with Gasteiger partial charge in [-0.05, 0) is 39.7 Å². The Labute approximate surface area is 118 Å². The summed E-state index contributed by atoms with van der Waals surface area (Å²) in [5.74, 6) is 0.460. The number of hydrogen-bond donors (Lipinski definition) is 1. The fourth-order valence-corrected chi connectivity index (χ4v) is 1.98. The van der Waals surface area contributed by atoms with Crippen LogP contribution in [-0.2, 0) is 9.53 Å². The highest BCUT2D eigenvalue weighted by molar-refractivity contribution is 5.76. The zero-order valence-electron chi connectivity index (χ0n) is 13.5. The van der Waals surface area contributed by atoms with E-state index in [1.54, 1.807) is 0 Å². The van der Waals surface area contributed by atoms with Crippen molar-refractivity contribution in [2.45, 2.75) is 60.0 Å². The van der Waals surface area contributed by atoms with E-state index in [9.17, 15) is 4.79 Å². The second-order valence-corrected chi connectivity index (χ2v) is 5.70. The Morgan fingerprint density at radius 1 is 1.16 bits per heavy atom. The smallest absolute Gasteiger partial charge is 0.324 e. The molecule has 0 amide bonds. The van der Waals surface area contributed by atoms with E-state index in [0.717, 1.165) is 19.5 Å². The normalized spacial score (nSPS) is 13.3. The molecule has 0 aromatic heterocycles. The van der Waals surface area contributed by atoms with Crippen LogP contribution >= 0.6 is 0 Å². The third-order valence-electron chi connectivity index (χ3n) is 2.96. The summed E-state index contributed by atoms with van der Waals surface area (Å²) in [5.41, 5.74) is 0. The molecule has 114 valence electrons. The van der Waals surface area contributed by atoms with Gasteiger partial charge in [-0.3, -0.25) is 9.69 Å². The lowest BCUT2D eigenvalue weighted by molar-refractivity contribution is -0.146. The topological polar surface area (TPSA) is 41.6 Å². The maximum atomic E-state index is 12.0. The first-order valence-corrected chi connectivity index (χ1v) is 7.56. The summed E-state index contributed by atoms with van der Waals surface area (Å²) in [6, 6.07) is 0.212. The Hall–Kier alpha value is -0.610. The molecule has 1 unspecified atom stereocenters. The van der Waals surface area contributed by atoms with Crippen LogP contribution in [-0.4, -0.2) is 49.2 Å². The van der Waals surface area contributed by atoms with E-state index in [0.29, 0.717) is 25.1 Å². The number of esters is 1. The molecule has 0 aromatic rings. The summed E-state index contributed by atoms with van der Waals surface area (Å²) in [6.07, 6.45) is 1.02. The SMILES string of the molecule is CCCNC(CN(CC(C)C)C(C)C)C(=O)OCC. The maximum absolute atomic E-state index is 12.0. The third kappa shape index (κ3) is 8.22. The molecule has 0 rings (SSSR count). The van der Waals surface area contributed by atoms with Gasteiger partial charge in [0, 0.05) is 19.1 Å². The fraction of sp³-hybridized carbons (Fsp3) is 0.933. The van der Waals surface area contributed by atoms with Crippen molar-refractivity contribution in [3.63, 3.8) is 0 Å². The van der Waals surface area contributed by atoms with Crippen LogP contribution in [0.1, 0.15) is 48.0 Å². The molecule has 0 saturated carbocycles. The fourth-order valence-electron chi connectivity index (χ4n) is 1.98. The van der Waals surface area contributed by atoms with E-state index in [-0.39, 0.29) is 12.0 Å². The predicted octanol–water partition coefficient (Wildman–Crippen LogP) is 2.28. The quantitative estimate of drug-likeness (QED) is 0.620. The second-order valence-electron chi connectivity index (χ2n) is 5.70. The van der Waals surface area contributed by atoms with Crippen LogP contribution in [0.4, 0.5) is 0 Å². The van der Waals surface area contributed by atoms with E-state index < -0.39 is 0 Å². The van der Waals surface area contributed by atoms with Gasteiger partial charge in [0.05, 0.1) is 6.61 Å². The van der Waals surface area contributed by atoms with Crippen molar-refractivity contribution in [1.82, 2.24) is 10.2 Å². The van der Waals surface area contributed by atoms with Gasteiger partial charge in [-0.2, -0.15) is 0 Å². The lowest BCUT2D eigenvalue weighted by Crippen LogP contribution is -2.49. The molecule has 0 radical (unpaired) electrons. The molecule has 0 spiro atoms. The minimum atomic E-state index is -0.221. The van der Waals surface area contributed by atoms with Crippen molar-refractivity contribution >= 4 is 5.97 Å². The van der Waals surface area contributed by atoms with Crippen LogP contribution in [0, 0.1) is 5.92 Å². The number of carbonyl (C=O) groups excluding carboxylic acids is 1. The first kappa shape index (κ1) is 18.4. The molecule has 0 aliphatic heterocycles. The molecule has 0 fully saturated rings. The van der Waals surface area contributed by atoms with Crippen LogP contribution in [0.2, 0.25) is 0 Å². The van der Waals surface area contributed by atoms with Gasteiger partial charge in [-0.1, -0.05) is 20.8 Å². The van der Waals surface area contributed by atoms with Gasteiger partial charge in [0.15, 0.2) is 0 Å².